The Morgan fingerprint density at radius 1 is 1.17 bits per heavy atom. The highest BCUT2D eigenvalue weighted by molar-refractivity contribution is 5.76. The summed E-state index contributed by atoms with van der Waals surface area (Å²) in [4.78, 5) is 14.4. The lowest BCUT2D eigenvalue weighted by atomic mass is 10.0. The molecule has 1 N–H and O–H groups in total. The summed E-state index contributed by atoms with van der Waals surface area (Å²) in [6.07, 6.45) is 4.96. The second kappa shape index (κ2) is 6.83. The summed E-state index contributed by atoms with van der Waals surface area (Å²) in [6.45, 7) is 3.19. The van der Waals surface area contributed by atoms with Crippen molar-refractivity contribution < 1.29 is 18.4 Å². The Bertz CT molecular complexity index is 639. The van der Waals surface area contributed by atoms with Gasteiger partial charge in [0.2, 0.25) is 5.91 Å². The average Bonchev–Trinajstić information content (AvgIpc) is 3.30. The van der Waals surface area contributed by atoms with E-state index < -0.39 is 0 Å². The Labute approximate surface area is 140 Å². The minimum atomic E-state index is 0.0174. The predicted molar refractivity (Wildman–Crippen MR) is 85.9 cm³/mol. The average molecular weight is 330 g/mol. The maximum Gasteiger partial charge on any atom is 0.222 e. The van der Waals surface area contributed by atoms with Gasteiger partial charge in [-0.05, 0) is 30.7 Å². The molecule has 2 fully saturated rings. The van der Waals surface area contributed by atoms with E-state index in [0.29, 0.717) is 18.9 Å². The number of carbonyl (C=O) groups excluding carboxylic acids is 1. The zero-order chi connectivity index (χ0) is 16.4. The minimum absolute atomic E-state index is 0.0174. The second-order valence-electron chi connectivity index (χ2n) is 6.63. The molecule has 128 valence electrons. The number of hydrogen-bond donors (Lipinski definition) is 1. The van der Waals surface area contributed by atoms with Crippen molar-refractivity contribution in [2.45, 2.75) is 38.1 Å². The number of hydrogen-bond acceptors (Lipinski definition) is 5. The first-order valence-electron chi connectivity index (χ1n) is 8.45. The number of ether oxygens (including phenoxy) is 1. The first kappa shape index (κ1) is 15.5. The SMILES string of the molecule is O=C(C[C@H]1C[C@H]2CN(Cc3ccco3)C[C@H]2O1)NCc1ccco1. The molecule has 2 aliphatic rings. The molecule has 0 radical (unpaired) electrons. The van der Waals surface area contributed by atoms with E-state index in [1.807, 2.05) is 24.3 Å². The monoisotopic (exact) mass is 330 g/mol. The smallest absolute Gasteiger partial charge is 0.222 e. The molecule has 0 saturated carbocycles. The molecule has 4 rings (SSSR count). The van der Waals surface area contributed by atoms with E-state index in [-0.39, 0.29) is 18.1 Å². The minimum Gasteiger partial charge on any atom is -0.468 e. The van der Waals surface area contributed by atoms with E-state index in [1.54, 1.807) is 12.5 Å². The maximum atomic E-state index is 12.0. The van der Waals surface area contributed by atoms with Crippen molar-refractivity contribution in [3.05, 3.63) is 48.3 Å². The van der Waals surface area contributed by atoms with Crippen molar-refractivity contribution in [2.75, 3.05) is 13.1 Å². The third-order valence-corrected chi connectivity index (χ3v) is 4.80. The molecule has 0 spiro atoms. The highest BCUT2D eigenvalue weighted by atomic mass is 16.5. The van der Waals surface area contributed by atoms with Crippen LogP contribution in [0.3, 0.4) is 0 Å². The van der Waals surface area contributed by atoms with Gasteiger partial charge in [0.25, 0.3) is 0 Å². The van der Waals surface area contributed by atoms with Gasteiger partial charge in [0.1, 0.15) is 11.5 Å². The molecule has 6 heteroatoms. The highest BCUT2D eigenvalue weighted by Gasteiger charge is 2.42. The second-order valence-corrected chi connectivity index (χ2v) is 6.63. The number of likely N-dealkylation sites (tertiary alicyclic amines) is 1. The van der Waals surface area contributed by atoms with Gasteiger partial charge in [-0.3, -0.25) is 9.69 Å². The van der Waals surface area contributed by atoms with Crippen LogP contribution in [0.15, 0.2) is 45.6 Å². The molecule has 2 saturated heterocycles. The summed E-state index contributed by atoms with van der Waals surface area (Å²) < 4.78 is 16.7. The lowest BCUT2D eigenvalue weighted by molar-refractivity contribution is -0.124. The van der Waals surface area contributed by atoms with Crippen molar-refractivity contribution in [3.8, 4) is 0 Å². The highest BCUT2D eigenvalue weighted by Crippen LogP contribution is 2.34. The number of carbonyl (C=O) groups is 1. The molecular formula is C18H22N2O4. The van der Waals surface area contributed by atoms with E-state index >= 15 is 0 Å². The Morgan fingerprint density at radius 3 is 2.67 bits per heavy atom. The largest absolute Gasteiger partial charge is 0.468 e. The number of nitrogens with zero attached hydrogens (tertiary/aromatic N) is 1. The number of rotatable bonds is 6. The van der Waals surface area contributed by atoms with Crippen LogP contribution in [0, 0.1) is 5.92 Å². The lowest BCUT2D eigenvalue weighted by Crippen LogP contribution is -2.29. The van der Waals surface area contributed by atoms with Gasteiger partial charge in [-0.1, -0.05) is 0 Å². The van der Waals surface area contributed by atoms with Crippen LogP contribution in [0.4, 0.5) is 0 Å². The first-order chi connectivity index (χ1) is 11.8. The standard InChI is InChI=1S/C18H22N2O4/c21-18(19-9-14-3-1-5-22-14)8-16-7-13-10-20(12-17(13)24-16)11-15-4-2-6-23-15/h1-6,13,16-17H,7-12H2,(H,19,21)/t13-,16+,17+/m0/s1. The van der Waals surface area contributed by atoms with Crippen LogP contribution in [0.1, 0.15) is 24.4 Å². The first-order valence-corrected chi connectivity index (χ1v) is 8.45. The Morgan fingerprint density at radius 2 is 1.96 bits per heavy atom. The third kappa shape index (κ3) is 3.55. The van der Waals surface area contributed by atoms with Crippen LogP contribution < -0.4 is 5.32 Å². The van der Waals surface area contributed by atoms with Crippen molar-refractivity contribution in [1.82, 2.24) is 10.2 Å². The molecule has 2 aromatic heterocycles. The summed E-state index contributed by atoms with van der Waals surface area (Å²) in [6, 6.07) is 7.59. The molecular weight excluding hydrogens is 308 g/mol. The van der Waals surface area contributed by atoms with E-state index in [4.69, 9.17) is 13.6 Å². The van der Waals surface area contributed by atoms with E-state index in [2.05, 4.69) is 10.2 Å². The van der Waals surface area contributed by atoms with E-state index in [1.165, 1.54) is 0 Å². The maximum absolute atomic E-state index is 12.0. The fraction of sp³-hybridized carbons (Fsp3) is 0.500. The van der Waals surface area contributed by atoms with Crippen molar-refractivity contribution in [2.24, 2.45) is 5.92 Å². The Kier molecular flexibility index (Phi) is 4.40. The molecule has 0 unspecified atom stereocenters. The van der Waals surface area contributed by atoms with Crippen molar-refractivity contribution >= 4 is 5.91 Å². The molecule has 0 bridgehead atoms. The zero-order valence-electron chi connectivity index (χ0n) is 13.5. The van der Waals surface area contributed by atoms with Gasteiger partial charge in [0.15, 0.2) is 0 Å². The zero-order valence-corrected chi connectivity index (χ0v) is 13.5. The molecule has 6 nitrogen and oxygen atoms in total. The van der Waals surface area contributed by atoms with Gasteiger partial charge in [-0.2, -0.15) is 0 Å². The number of amides is 1. The fourth-order valence-corrected chi connectivity index (χ4v) is 3.71. The molecule has 2 aromatic rings. The van der Waals surface area contributed by atoms with Crippen LogP contribution in [-0.4, -0.2) is 36.1 Å². The Balaban J connectivity index is 1.20. The molecule has 24 heavy (non-hydrogen) atoms. The molecule has 3 atom stereocenters. The normalized spacial score (nSPS) is 26.6. The van der Waals surface area contributed by atoms with Gasteiger partial charge >= 0.3 is 0 Å². The van der Waals surface area contributed by atoms with Crippen molar-refractivity contribution in [3.63, 3.8) is 0 Å². The number of nitrogens with one attached hydrogen (secondary N) is 1. The van der Waals surface area contributed by atoms with Crippen LogP contribution in [-0.2, 0) is 22.6 Å². The summed E-state index contributed by atoms with van der Waals surface area (Å²) in [7, 11) is 0. The van der Waals surface area contributed by atoms with Gasteiger partial charge in [0, 0.05) is 19.0 Å². The van der Waals surface area contributed by atoms with Gasteiger partial charge in [-0.25, -0.2) is 0 Å². The topological polar surface area (TPSA) is 67.9 Å². The molecule has 4 heterocycles. The predicted octanol–water partition coefficient (Wildman–Crippen LogP) is 2.17. The Hall–Kier alpha value is -2.05. The number of fused-ring (bicyclic) bond motifs is 1. The lowest BCUT2D eigenvalue weighted by Gasteiger charge is -2.17. The fourth-order valence-electron chi connectivity index (χ4n) is 3.71. The number of furan rings is 2. The molecule has 0 aliphatic carbocycles. The van der Waals surface area contributed by atoms with Crippen molar-refractivity contribution in [1.29, 1.82) is 0 Å². The molecule has 1 amide bonds. The summed E-state index contributed by atoms with van der Waals surface area (Å²) in [5, 5.41) is 2.88. The van der Waals surface area contributed by atoms with Crippen LogP contribution >= 0.6 is 0 Å². The van der Waals surface area contributed by atoms with Gasteiger partial charge in [0.05, 0.1) is 44.2 Å². The van der Waals surface area contributed by atoms with Gasteiger partial charge < -0.3 is 18.9 Å². The van der Waals surface area contributed by atoms with Gasteiger partial charge in [-0.15, -0.1) is 0 Å². The van der Waals surface area contributed by atoms with E-state index in [9.17, 15) is 4.79 Å². The van der Waals surface area contributed by atoms with Crippen LogP contribution in [0.25, 0.3) is 0 Å². The summed E-state index contributed by atoms with van der Waals surface area (Å²) in [5.74, 6) is 2.29. The van der Waals surface area contributed by atoms with Crippen LogP contribution in [0.5, 0.6) is 0 Å². The molecule has 0 aromatic carbocycles. The van der Waals surface area contributed by atoms with Crippen LogP contribution in [0.2, 0.25) is 0 Å². The quantitative estimate of drug-likeness (QED) is 0.879. The summed E-state index contributed by atoms with van der Waals surface area (Å²) >= 11 is 0. The van der Waals surface area contributed by atoms with E-state index in [0.717, 1.165) is 37.6 Å². The third-order valence-electron chi connectivity index (χ3n) is 4.80. The molecule has 2 aliphatic heterocycles. The summed E-state index contributed by atoms with van der Waals surface area (Å²) in [5.41, 5.74) is 0.